The molecule has 6 nitrogen and oxygen atoms in total. The molecule has 3 aromatic rings. The molecule has 2 aromatic heterocycles. The second-order valence-electron chi connectivity index (χ2n) is 5.61. The van der Waals surface area contributed by atoms with Gasteiger partial charge in [-0.2, -0.15) is 0 Å². The summed E-state index contributed by atoms with van der Waals surface area (Å²) in [4.78, 5) is 19.4. The Balaban J connectivity index is 2.56. The highest BCUT2D eigenvalue weighted by Gasteiger charge is 2.19. The number of aromatic nitrogens is 2. The van der Waals surface area contributed by atoms with Crippen LogP contribution in [0.2, 0.25) is 0 Å². The Morgan fingerprint density at radius 2 is 1.96 bits per heavy atom. The molecule has 0 fully saturated rings. The number of benzene rings is 1. The number of fused-ring (bicyclic) bond motifs is 1. The third-order valence-corrected chi connectivity index (χ3v) is 3.98. The van der Waals surface area contributed by atoms with Crippen molar-refractivity contribution in [3.05, 3.63) is 51.2 Å². The molecule has 7 heteroatoms. The summed E-state index contributed by atoms with van der Waals surface area (Å²) in [5, 5.41) is 7.57. The number of aromatic amines is 1. The smallest absolute Gasteiger partial charge is 0.272 e. The Morgan fingerprint density at radius 3 is 2.62 bits per heavy atom. The van der Waals surface area contributed by atoms with Gasteiger partial charge in [-0.25, -0.2) is 4.39 Å². The predicted octanol–water partition coefficient (Wildman–Crippen LogP) is 2.51. The lowest BCUT2D eigenvalue weighted by molar-refractivity contribution is 0.632. The maximum absolute atomic E-state index is 13.7. The lowest BCUT2D eigenvalue weighted by atomic mass is 9.95. The first-order chi connectivity index (χ1) is 11.3. The number of nitrogens with one attached hydrogen (secondary N) is 2. The maximum atomic E-state index is 13.7. The molecule has 0 aliphatic carbocycles. The van der Waals surface area contributed by atoms with Crippen LogP contribution in [0.4, 0.5) is 15.8 Å². The first-order valence-electron chi connectivity index (χ1n) is 7.23. The molecule has 0 amide bonds. The molecule has 0 spiro atoms. The monoisotopic (exact) mass is 325 g/mol. The number of anilines is 2. The van der Waals surface area contributed by atoms with Crippen molar-refractivity contribution in [1.82, 2.24) is 9.97 Å². The van der Waals surface area contributed by atoms with Crippen LogP contribution in [0.25, 0.3) is 22.2 Å². The predicted molar refractivity (Wildman–Crippen MR) is 93.9 cm³/mol. The van der Waals surface area contributed by atoms with Gasteiger partial charge in [0.25, 0.3) is 5.56 Å². The van der Waals surface area contributed by atoms with Crippen molar-refractivity contribution in [1.29, 1.82) is 5.41 Å². The van der Waals surface area contributed by atoms with Crippen LogP contribution in [0.3, 0.4) is 0 Å². The van der Waals surface area contributed by atoms with E-state index >= 15 is 0 Å². The van der Waals surface area contributed by atoms with Crippen LogP contribution < -0.4 is 17.0 Å². The van der Waals surface area contributed by atoms with Gasteiger partial charge in [-0.15, -0.1) is 0 Å². The van der Waals surface area contributed by atoms with Gasteiger partial charge in [0, 0.05) is 23.0 Å². The number of hydrogen-bond donors (Lipinski definition) is 4. The van der Waals surface area contributed by atoms with E-state index < -0.39 is 11.4 Å². The van der Waals surface area contributed by atoms with E-state index in [1.165, 1.54) is 12.1 Å². The van der Waals surface area contributed by atoms with E-state index in [0.29, 0.717) is 22.2 Å². The molecular weight excluding hydrogens is 309 g/mol. The summed E-state index contributed by atoms with van der Waals surface area (Å²) in [7, 11) is 0. The lowest BCUT2D eigenvalue weighted by Crippen LogP contribution is -2.15. The quantitative estimate of drug-likeness (QED) is 0.427. The Morgan fingerprint density at radius 1 is 1.25 bits per heavy atom. The topological polar surface area (TPSA) is 122 Å². The lowest BCUT2D eigenvalue weighted by Gasteiger charge is -2.15. The number of rotatable bonds is 2. The number of aryl methyl sites for hydroxylation is 2. The third-order valence-electron chi connectivity index (χ3n) is 3.98. The third kappa shape index (κ3) is 2.21. The van der Waals surface area contributed by atoms with Crippen LogP contribution in [0.1, 0.15) is 16.8 Å². The van der Waals surface area contributed by atoms with E-state index in [9.17, 15) is 9.18 Å². The van der Waals surface area contributed by atoms with Crippen molar-refractivity contribution >= 4 is 28.6 Å². The van der Waals surface area contributed by atoms with Crippen LogP contribution >= 0.6 is 0 Å². The summed E-state index contributed by atoms with van der Waals surface area (Å²) in [6.45, 7) is 3.68. The molecule has 0 bridgehead atoms. The average molecular weight is 325 g/mol. The zero-order chi connectivity index (χ0) is 17.6. The number of pyridine rings is 2. The molecule has 2 heterocycles. The van der Waals surface area contributed by atoms with Gasteiger partial charge in [0.2, 0.25) is 0 Å². The van der Waals surface area contributed by atoms with Crippen LogP contribution in [-0.2, 0) is 0 Å². The first-order valence-corrected chi connectivity index (χ1v) is 7.23. The van der Waals surface area contributed by atoms with E-state index in [1.807, 2.05) is 19.9 Å². The fourth-order valence-corrected chi connectivity index (χ4v) is 2.85. The van der Waals surface area contributed by atoms with Crippen molar-refractivity contribution in [3.8, 4) is 11.1 Å². The number of H-pyrrole nitrogens is 1. The van der Waals surface area contributed by atoms with Crippen LogP contribution in [-0.4, -0.2) is 16.2 Å². The highest BCUT2D eigenvalue weighted by molar-refractivity contribution is 6.05. The van der Waals surface area contributed by atoms with Gasteiger partial charge in [-0.3, -0.25) is 9.78 Å². The summed E-state index contributed by atoms with van der Waals surface area (Å²) >= 11 is 0. The van der Waals surface area contributed by atoms with Crippen LogP contribution in [0.5, 0.6) is 0 Å². The highest BCUT2D eigenvalue weighted by Crippen LogP contribution is 2.35. The van der Waals surface area contributed by atoms with E-state index in [-0.39, 0.29) is 16.9 Å². The van der Waals surface area contributed by atoms with E-state index in [2.05, 4.69) is 9.97 Å². The number of hydrogen-bond acceptors (Lipinski definition) is 5. The van der Waals surface area contributed by atoms with Crippen molar-refractivity contribution < 1.29 is 4.39 Å². The summed E-state index contributed by atoms with van der Waals surface area (Å²) in [6.07, 6.45) is 0.947. The van der Waals surface area contributed by atoms with E-state index in [1.54, 1.807) is 0 Å². The van der Waals surface area contributed by atoms with Gasteiger partial charge in [0.1, 0.15) is 11.5 Å². The molecule has 0 saturated carbocycles. The normalized spacial score (nSPS) is 11.0. The van der Waals surface area contributed by atoms with Crippen molar-refractivity contribution in [3.63, 3.8) is 0 Å². The highest BCUT2D eigenvalue weighted by atomic mass is 19.1. The number of halogens is 1. The zero-order valence-electron chi connectivity index (χ0n) is 13.2. The number of nitrogens with two attached hydrogens (primary N) is 2. The van der Waals surface area contributed by atoms with Crippen molar-refractivity contribution in [2.45, 2.75) is 13.8 Å². The second kappa shape index (κ2) is 5.45. The summed E-state index contributed by atoms with van der Waals surface area (Å²) in [6, 6.07) is 4.48. The molecule has 0 atom stereocenters. The Kier molecular flexibility index (Phi) is 3.56. The minimum absolute atomic E-state index is 0.0471. The molecule has 0 unspecified atom stereocenters. The first kappa shape index (κ1) is 15.7. The van der Waals surface area contributed by atoms with Gasteiger partial charge >= 0.3 is 0 Å². The Bertz CT molecular complexity index is 1060. The number of nitrogen functional groups attached to an aromatic ring is 2. The van der Waals surface area contributed by atoms with Gasteiger partial charge in [0.15, 0.2) is 0 Å². The Hall–Kier alpha value is -3.22. The minimum Gasteiger partial charge on any atom is -0.396 e. The maximum Gasteiger partial charge on any atom is 0.272 e. The van der Waals surface area contributed by atoms with Gasteiger partial charge in [-0.1, -0.05) is 6.07 Å². The fourth-order valence-electron chi connectivity index (χ4n) is 2.85. The molecule has 0 saturated heterocycles. The fraction of sp³-hybridized carbons (Fsp3) is 0.118. The second-order valence-corrected chi connectivity index (χ2v) is 5.61. The molecular formula is C17H16FN5O. The molecule has 0 radical (unpaired) electrons. The molecule has 24 heavy (non-hydrogen) atoms. The van der Waals surface area contributed by atoms with E-state index in [0.717, 1.165) is 17.5 Å². The van der Waals surface area contributed by atoms with Crippen molar-refractivity contribution in [2.75, 3.05) is 11.5 Å². The zero-order valence-corrected chi connectivity index (χ0v) is 13.2. The van der Waals surface area contributed by atoms with Crippen molar-refractivity contribution in [2.24, 2.45) is 0 Å². The molecule has 122 valence electrons. The minimum atomic E-state index is -0.634. The molecule has 0 aliphatic rings. The molecule has 6 N–H and O–H groups in total. The summed E-state index contributed by atoms with van der Waals surface area (Å²) in [5.74, 6) is -0.634. The van der Waals surface area contributed by atoms with Gasteiger partial charge < -0.3 is 21.9 Å². The largest absolute Gasteiger partial charge is 0.396 e. The standard InChI is InChI=1S/C17H16FN5O/c1-7-5-8(2)22-16-12(14(21)17(24)23-15(7)16)9-3-4-11(18)13(20)10(9)6-19/h3-6,19H,20-21H2,1-2H3,(H,23,24). The van der Waals surface area contributed by atoms with Crippen LogP contribution in [0, 0.1) is 25.1 Å². The SMILES string of the molecule is Cc1cc(C)c2[nH]c(=O)c(N)c(-c3ccc(F)c(N)c3C=N)c2n1. The Labute approximate surface area is 136 Å². The molecule has 0 aliphatic heterocycles. The summed E-state index contributed by atoms with van der Waals surface area (Å²) < 4.78 is 13.7. The van der Waals surface area contributed by atoms with Gasteiger partial charge in [0.05, 0.1) is 16.7 Å². The van der Waals surface area contributed by atoms with E-state index in [4.69, 9.17) is 16.9 Å². The summed E-state index contributed by atoms with van der Waals surface area (Å²) in [5.41, 5.74) is 14.6. The number of nitrogens with zero attached hydrogens (tertiary/aromatic N) is 1. The van der Waals surface area contributed by atoms with Gasteiger partial charge in [-0.05, 0) is 37.1 Å². The molecule has 3 rings (SSSR count). The van der Waals surface area contributed by atoms with Crippen LogP contribution in [0.15, 0.2) is 23.0 Å². The average Bonchev–Trinajstić information content (AvgIpc) is 2.53. The molecule has 1 aromatic carbocycles.